The van der Waals surface area contributed by atoms with Crippen LogP contribution in [0.2, 0.25) is 5.15 Å². The van der Waals surface area contributed by atoms with Crippen molar-refractivity contribution in [2.75, 3.05) is 13.1 Å². The summed E-state index contributed by atoms with van der Waals surface area (Å²) in [5, 5.41) is 11.5. The number of hydrogen-bond acceptors (Lipinski definition) is 4. The summed E-state index contributed by atoms with van der Waals surface area (Å²) in [4.78, 5) is 18.2. The molecule has 1 saturated heterocycles. The maximum atomic E-state index is 12.2. The molecule has 132 valence electrons. The van der Waals surface area contributed by atoms with Crippen molar-refractivity contribution >= 4 is 17.7 Å². The molecule has 2 aliphatic rings. The molecule has 2 atom stereocenters. The van der Waals surface area contributed by atoms with E-state index in [-0.39, 0.29) is 6.09 Å². The van der Waals surface area contributed by atoms with Crippen LogP contribution in [0.4, 0.5) is 4.79 Å². The fraction of sp³-hybridized carbons (Fsp3) is 0.667. The van der Waals surface area contributed by atoms with Crippen LogP contribution in [0.1, 0.15) is 44.7 Å². The molecule has 1 aliphatic carbocycles. The minimum atomic E-state index is -0.877. The van der Waals surface area contributed by atoms with Crippen LogP contribution in [-0.4, -0.2) is 39.8 Å². The summed E-state index contributed by atoms with van der Waals surface area (Å²) in [5.41, 5.74) is 0.331. The highest BCUT2D eigenvalue weighted by atomic mass is 35.5. The first-order valence-corrected chi connectivity index (χ1v) is 8.78. The van der Waals surface area contributed by atoms with Gasteiger partial charge in [-0.05, 0) is 64.0 Å². The third-order valence-electron chi connectivity index (χ3n) is 4.98. The van der Waals surface area contributed by atoms with Crippen molar-refractivity contribution in [3.05, 3.63) is 28.5 Å². The number of aliphatic hydroxyl groups is 1. The highest BCUT2D eigenvalue weighted by molar-refractivity contribution is 6.30. The average Bonchev–Trinajstić information content (AvgIpc) is 2.95. The molecule has 2 fully saturated rings. The van der Waals surface area contributed by atoms with Gasteiger partial charge in [-0.1, -0.05) is 11.6 Å². The van der Waals surface area contributed by atoms with Crippen LogP contribution >= 0.6 is 11.6 Å². The molecule has 1 aromatic heterocycles. The van der Waals surface area contributed by atoms with Crippen molar-refractivity contribution in [2.45, 2.75) is 51.7 Å². The SMILES string of the molecule is Cc1cc(C2(O)CC3CN(C(=O)OC(C)(C)C)CC3C2)cnc1Cl. The van der Waals surface area contributed by atoms with Gasteiger partial charge in [0, 0.05) is 24.8 Å². The summed E-state index contributed by atoms with van der Waals surface area (Å²) in [5.74, 6) is 0.581. The molecule has 0 aromatic carbocycles. The predicted molar refractivity (Wildman–Crippen MR) is 91.9 cm³/mol. The Bertz CT molecular complexity index is 642. The van der Waals surface area contributed by atoms with Gasteiger partial charge in [-0.15, -0.1) is 0 Å². The van der Waals surface area contributed by atoms with Crippen LogP contribution in [0.25, 0.3) is 0 Å². The smallest absolute Gasteiger partial charge is 0.410 e. The van der Waals surface area contributed by atoms with Gasteiger partial charge in [-0.25, -0.2) is 9.78 Å². The Hall–Kier alpha value is -1.33. The Labute approximate surface area is 148 Å². The predicted octanol–water partition coefficient (Wildman–Crippen LogP) is 3.51. The van der Waals surface area contributed by atoms with E-state index >= 15 is 0 Å². The van der Waals surface area contributed by atoms with Crippen molar-refractivity contribution in [2.24, 2.45) is 11.8 Å². The number of aromatic nitrogens is 1. The van der Waals surface area contributed by atoms with E-state index in [0.717, 1.165) is 11.1 Å². The second-order valence-electron chi connectivity index (χ2n) is 8.18. The van der Waals surface area contributed by atoms with E-state index in [9.17, 15) is 9.90 Å². The van der Waals surface area contributed by atoms with E-state index < -0.39 is 11.2 Å². The first-order valence-electron chi connectivity index (χ1n) is 8.40. The Morgan fingerprint density at radius 1 is 1.38 bits per heavy atom. The molecule has 24 heavy (non-hydrogen) atoms. The number of rotatable bonds is 1. The van der Waals surface area contributed by atoms with Crippen LogP contribution in [-0.2, 0) is 10.3 Å². The lowest BCUT2D eigenvalue weighted by atomic mass is 9.91. The van der Waals surface area contributed by atoms with E-state index in [1.54, 1.807) is 11.1 Å². The number of amides is 1. The van der Waals surface area contributed by atoms with Crippen LogP contribution in [0, 0.1) is 18.8 Å². The number of halogens is 1. The van der Waals surface area contributed by atoms with E-state index in [2.05, 4.69) is 4.98 Å². The zero-order valence-electron chi connectivity index (χ0n) is 14.7. The van der Waals surface area contributed by atoms with E-state index in [4.69, 9.17) is 16.3 Å². The maximum absolute atomic E-state index is 12.2. The summed E-state index contributed by atoms with van der Waals surface area (Å²) >= 11 is 5.98. The van der Waals surface area contributed by atoms with Gasteiger partial charge in [0.25, 0.3) is 0 Å². The fourth-order valence-corrected chi connectivity index (χ4v) is 3.98. The molecule has 1 saturated carbocycles. The zero-order valence-corrected chi connectivity index (χ0v) is 15.4. The van der Waals surface area contributed by atoms with Gasteiger partial charge >= 0.3 is 6.09 Å². The van der Waals surface area contributed by atoms with E-state index in [0.29, 0.717) is 42.9 Å². The minimum absolute atomic E-state index is 0.260. The molecule has 1 amide bonds. The number of fused-ring (bicyclic) bond motifs is 1. The number of carbonyl (C=O) groups is 1. The number of pyridine rings is 1. The van der Waals surface area contributed by atoms with Gasteiger partial charge < -0.3 is 14.7 Å². The highest BCUT2D eigenvalue weighted by Crippen LogP contribution is 2.49. The first-order chi connectivity index (χ1) is 11.1. The van der Waals surface area contributed by atoms with Crippen molar-refractivity contribution in [3.63, 3.8) is 0 Å². The lowest BCUT2D eigenvalue weighted by Crippen LogP contribution is -2.37. The molecule has 2 heterocycles. The number of aryl methyl sites for hydroxylation is 1. The quantitative estimate of drug-likeness (QED) is 0.786. The number of hydrogen-bond donors (Lipinski definition) is 1. The highest BCUT2D eigenvalue weighted by Gasteiger charge is 2.50. The van der Waals surface area contributed by atoms with Crippen molar-refractivity contribution in [3.8, 4) is 0 Å². The largest absolute Gasteiger partial charge is 0.444 e. The number of nitrogens with zero attached hydrogens (tertiary/aromatic N) is 2. The standard InChI is InChI=1S/C18H25ClN2O3/c1-11-5-14(8-20-15(11)19)18(23)6-12-9-21(10-13(12)7-18)16(22)24-17(2,3)4/h5,8,12-13,23H,6-7,9-10H2,1-4H3. The summed E-state index contributed by atoms with van der Waals surface area (Å²) in [7, 11) is 0. The Kier molecular flexibility index (Phi) is 4.29. The van der Waals surface area contributed by atoms with Crippen molar-refractivity contribution in [1.29, 1.82) is 0 Å². The zero-order chi connectivity index (χ0) is 17.7. The molecule has 0 bridgehead atoms. The van der Waals surface area contributed by atoms with Crippen LogP contribution in [0.5, 0.6) is 0 Å². The minimum Gasteiger partial charge on any atom is -0.444 e. The number of likely N-dealkylation sites (tertiary alicyclic amines) is 1. The molecule has 0 radical (unpaired) electrons. The topological polar surface area (TPSA) is 62.7 Å². The van der Waals surface area contributed by atoms with Crippen molar-refractivity contribution in [1.82, 2.24) is 9.88 Å². The molecular formula is C18H25ClN2O3. The maximum Gasteiger partial charge on any atom is 0.410 e. The Morgan fingerprint density at radius 3 is 2.46 bits per heavy atom. The lowest BCUT2D eigenvalue weighted by Gasteiger charge is -2.28. The van der Waals surface area contributed by atoms with Crippen LogP contribution < -0.4 is 0 Å². The third-order valence-corrected chi connectivity index (χ3v) is 5.38. The summed E-state index contributed by atoms with van der Waals surface area (Å²) < 4.78 is 5.45. The molecule has 2 unspecified atom stereocenters. The Morgan fingerprint density at radius 2 is 1.96 bits per heavy atom. The molecule has 1 aliphatic heterocycles. The molecule has 6 heteroatoms. The molecule has 0 spiro atoms. The van der Waals surface area contributed by atoms with Gasteiger partial charge in [0.05, 0.1) is 5.60 Å². The van der Waals surface area contributed by atoms with Gasteiger partial charge in [-0.3, -0.25) is 0 Å². The monoisotopic (exact) mass is 352 g/mol. The average molecular weight is 353 g/mol. The molecule has 1 aromatic rings. The summed E-state index contributed by atoms with van der Waals surface area (Å²) in [6, 6.07) is 1.92. The van der Waals surface area contributed by atoms with Crippen LogP contribution in [0.15, 0.2) is 12.3 Å². The van der Waals surface area contributed by atoms with E-state index in [1.165, 1.54) is 0 Å². The van der Waals surface area contributed by atoms with Gasteiger partial charge in [-0.2, -0.15) is 0 Å². The second-order valence-corrected chi connectivity index (χ2v) is 8.54. The molecular weight excluding hydrogens is 328 g/mol. The van der Waals surface area contributed by atoms with E-state index in [1.807, 2.05) is 33.8 Å². The third kappa shape index (κ3) is 3.38. The molecule has 1 N–H and O–H groups in total. The van der Waals surface area contributed by atoms with Crippen LogP contribution in [0.3, 0.4) is 0 Å². The summed E-state index contributed by atoms with van der Waals surface area (Å²) in [6.07, 6.45) is 2.69. The number of ether oxygens (including phenoxy) is 1. The van der Waals surface area contributed by atoms with Gasteiger partial charge in [0.15, 0.2) is 0 Å². The summed E-state index contributed by atoms with van der Waals surface area (Å²) in [6.45, 7) is 8.79. The first kappa shape index (κ1) is 17.5. The fourth-order valence-electron chi connectivity index (χ4n) is 3.88. The Balaban J connectivity index is 1.68. The normalized spacial score (nSPS) is 29.7. The molecule has 3 rings (SSSR count). The second kappa shape index (κ2) is 5.88. The van der Waals surface area contributed by atoms with Crippen molar-refractivity contribution < 1.29 is 14.6 Å². The number of carbonyl (C=O) groups excluding carboxylic acids is 1. The van der Waals surface area contributed by atoms with Gasteiger partial charge in [0.1, 0.15) is 10.8 Å². The molecule has 5 nitrogen and oxygen atoms in total. The lowest BCUT2D eigenvalue weighted by molar-refractivity contribution is 0.0153. The van der Waals surface area contributed by atoms with Gasteiger partial charge in [0.2, 0.25) is 0 Å².